The van der Waals surface area contributed by atoms with Gasteiger partial charge in [-0.25, -0.2) is 0 Å². The van der Waals surface area contributed by atoms with Crippen LogP contribution in [0.15, 0.2) is 12.1 Å². The summed E-state index contributed by atoms with van der Waals surface area (Å²) in [5.41, 5.74) is 1.53. The minimum absolute atomic E-state index is 0.0110. The van der Waals surface area contributed by atoms with Crippen LogP contribution in [-0.4, -0.2) is 50.6 Å². The Morgan fingerprint density at radius 3 is 3.00 bits per heavy atom. The van der Waals surface area contributed by atoms with E-state index < -0.39 is 0 Å². The second-order valence-corrected chi connectivity index (χ2v) is 6.92. The number of nitrogens with zero attached hydrogens (tertiary/aromatic N) is 4. The summed E-state index contributed by atoms with van der Waals surface area (Å²) < 4.78 is 8.74. The molecule has 0 radical (unpaired) electrons. The van der Waals surface area contributed by atoms with Crippen molar-refractivity contribution in [1.82, 2.24) is 24.9 Å². The fourth-order valence-electron chi connectivity index (χ4n) is 3.41. The van der Waals surface area contributed by atoms with Crippen molar-refractivity contribution in [1.29, 1.82) is 0 Å². The van der Waals surface area contributed by atoms with E-state index in [0.29, 0.717) is 24.7 Å². The number of hydrogen-bond donors (Lipinski definition) is 2. The highest BCUT2D eigenvalue weighted by Gasteiger charge is 2.26. The van der Waals surface area contributed by atoms with Gasteiger partial charge in [-0.1, -0.05) is 0 Å². The van der Waals surface area contributed by atoms with E-state index in [4.69, 9.17) is 4.74 Å². The summed E-state index contributed by atoms with van der Waals surface area (Å²) in [4.78, 5) is 24.6. The first-order valence-electron chi connectivity index (χ1n) is 8.83. The lowest BCUT2D eigenvalue weighted by atomic mass is 9.99. The predicted octanol–water partition coefficient (Wildman–Crippen LogP) is 0.895. The average Bonchev–Trinajstić information content (AvgIpc) is 3.20. The summed E-state index contributed by atoms with van der Waals surface area (Å²) in [6, 6.07) is 3.38. The number of aromatic nitrogens is 4. The van der Waals surface area contributed by atoms with Crippen LogP contribution in [0.25, 0.3) is 0 Å². The van der Waals surface area contributed by atoms with Gasteiger partial charge in [0.05, 0.1) is 18.8 Å². The van der Waals surface area contributed by atoms with Crippen molar-refractivity contribution in [2.75, 3.05) is 18.5 Å². The van der Waals surface area contributed by atoms with Gasteiger partial charge in [-0.2, -0.15) is 10.2 Å². The number of anilines is 1. The van der Waals surface area contributed by atoms with Crippen molar-refractivity contribution in [2.24, 2.45) is 7.05 Å². The van der Waals surface area contributed by atoms with Crippen LogP contribution < -0.4 is 10.6 Å². The lowest BCUT2D eigenvalue weighted by Gasteiger charge is -2.20. The fraction of sp³-hybridized carbons (Fsp3) is 0.529. The lowest BCUT2D eigenvalue weighted by molar-refractivity contribution is 0.0791. The standard InChI is InChI=1S/C17H22N6O3/c1-10-8-23-14(17(25)18-10)6-13(21-23)16(24)19-15-7-12(20-22(15)2)11-4-3-5-26-9-11/h6-7,10-11H,3-5,8-9H2,1-2H3,(H,18,25)(H,19,24). The van der Waals surface area contributed by atoms with E-state index in [9.17, 15) is 9.59 Å². The molecule has 0 aromatic carbocycles. The van der Waals surface area contributed by atoms with Crippen LogP contribution in [0, 0.1) is 0 Å². The molecule has 0 bridgehead atoms. The third kappa shape index (κ3) is 3.10. The fourth-order valence-corrected chi connectivity index (χ4v) is 3.41. The van der Waals surface area contributed by atoms with Gasteiger partial charge in [0.2, 0.25) is 0 Å². The van der Waals surface area contributed by atoms with Gasteiger partial charge in [0.1, 0.15) is 11.5 Å². The number of rotatable bonds is 3. The molecule has 2 aliphatic rings. The van der Waals surface area contributed by atoms with Gasteiger partial charge in [0, 0.05) is 37.7 Å². The van der Waals surface area contributed by atoms with E-state index in [1.165, 1.54) is 6.07 Å². The molecule has 4 heterocycles. The highest BCUT2D eigenvalue weighted by Crippen LogP contribution is 2.26. The lowest BCUT2D eigenvalue weighted by Crippen LogP contribution is -2.42. The normalized spacial score (nSPS) is 22.6. The molecule has 2 aliphatic heterocycles. The SMILES string of the molecule is CC1Cn2nc(C(=O)Nc3cc(C4CCCOC4)nn3C)cc2C(=O)N1. The molecule has 26 heavy (non-hydrogen) atoms. The van der Waals surface area contributed by atoms with E-state index in [1.807, 2.05) is 13.0 Å². The minimum Gasteiger partial charge on any atom is -0.381 e. The van der Waals surface area contributed by atoms with Crippen LogP contribution >= 0.6 is 0 Å². The number of fused-ring (bicyclic) bond motifs is 1. The van der Waals surface area contributed by atoms with Crippen molar-refractivity contribution in [2.45, 2.75) is 38.3 Å². The van der Waals surface area contributed by atoms with E-state index in [2.05, 4.69) is 20.8 Å². The summed E-state index contributed by atoms with van der Waals surface area (Å²) in [5.74, 6) is 0.280. The van der Waals surface area contributed by atoms with Crippen molar-refractivity contribution in [3.05, 3.63) is 29.2 Å². The zero-order valence-electron chi connectivity index (χ0n) is 14.9. The summed E-state index contributed by atoms with van der Waals surface area (Å²) in [6.45, 7) is 3.90. The molecule has 2 N–H and O–H groups in total. The van der Waals surface area contributed by atoms with Crippen LogP contribution in [-0.2, 0) is 18.3 Å². The van der Waals surface area contributed by atoms with Crippen molar-refractivity contribution >= 4 is 17.6 Å². The Kier molecular flexibility index (Phi) is 4.23. The van der Waals surface area contributed by atoms with Crippen LogP contribution in [0.5, 0.6) is 0 Å². The molecule has 2 amide bonds. The Hall–Kier alpha value is -2.68. The van der Waals surface area contributed by atoms with Crippen LogP contribution in [0.2, 0.25) is 0 Å². The van der Waals surface area contributed by atoms with Gasteiger partial charge in [0.25, 0.3) is 11.8 Å². The zero-order chi connectivity index (χ0) is 18.3. The predicted molar refractivity (Wildman–Crippen MR) is 93.1 cm³/mol. The monoisotopic (exact) mass is 358 g/mol. The minimum atomic E-state index is -0.359. The third-order valence-corrected chi connectivity index (χ3v) is 4.79. The number of carbonyl (C=O) groups is 2. The Morgan fingerprint density at radius 2 is 2.23 bits per heavy atom. The maximum atomic E-state index is 12.6. The maximum Gasteiger partial charge on any atom is 0.277 e. The van der Waals surface area contributed by atoms with Crippen molar-refractivity contribution in [3.8, 4) is 0 Å². The molecule has 0 saturated carbocycles. The van der Waals surface area contributed by atoms with E-state index in [0.717, 1.165) is 25.1 Å². The number of ether oxygens (including phenoxy) is 1. The molecule has 0 spiro atoms. The molecule has 9 heteroatoms. The van der Waals surface area contributed by atoms with Gasteiger partial charge in [0.15, 0.2) is 5.69 Å². The van der Waals surface area contributed by atoms with Crippen molar-refractivity contribution < 1.29 is 14.3 Å². The Balaban J connectivity index is 1.51. The van der Waals surface area contributed by atoms with E-state index in [1.54, 1.807) is 16.4 Å². The summed E-state index contributed by atoms with van der Waals surface area (Å²) >= 11 is 0. The van der Waals surface area contributed by atoms with E-state index >= 15 is 0 Å². The van der Waals surface area contributed by atoms with Crippen LogP contribution in [0.4, 0.5) is 5.82 Å². The molecule has 2 unspecified atom stereocenters. The van der Waals surface area contributed by atoms with Gasteiger partial charge in [-0.3, -0.25) is 19.0 Å². The molecule has 2 aromatic rings. The molecule has 4 rings (SSSR count). The molecule has 1 fully saturated rings. The van der Waals surface area contributed by atoms with Crippen molar-refractivity contribution in [3.63, 3.8) is 0 Å². The first kappa shape index (κ1) is 16.8. The Labute approximate surface area is 150 Å². The number of aryl methyl sites for hydroxylation is 1. The number of nitrogens with one attached hydrogen (secondary N) is 2. The van der Waals surface area contributed by atoms with Crippen LogP contribution in [0.3, 0.4) is 0 Å². The molecule has 138 valence electrons. The molecule has 2 atom stereocenters. The topological polar surface area (TPSA) is 103 Å². The zero-order valence-corrected chi connectivity index (χ0v) is 14.9. The van der Waals surface area contributed by atoms with Gasteiger partial charge < -0.3 is 15.4 Å². The second kappa shape index (κ2) is 6.56. The quantitative estimate of drug-likeness (QED) is 0.848. The molecule has 1 saturated heterocycles. The summed E-state index contributed by atoms with van der Waals surface area (Å²) in [5, 5.41) is 14.4. The maximum absolute atomic E-state index is 12.6. The smallest absolute Gasteiger partial charge is 0.277 e. The highest BCUT2D eigenvalue weighted by molar-refractivity contribution is 6.04. The Bertz CT molecular complexity index is 849. The molecule has 2 aromatic heterocycles. The van der Waals surface area contributed by atoms with Gasteiger partial charge >= 0.3 is 0 Å². The average molecular weight is 358 g/mol. The van der Waals surface area contributed by atoms with Gasteiger partial charge in [-0.05, 0) is 19.8 Å². The molecule has 0 aliphatic carbocycles. The highest BCUT2D eigenvalue weighted by atomic mass is 16.5. The van der Waals surface area contributed by atoms with Crippen LogP contribution in [0.1, 0.15) is 52.4 Å². The Morgan fingerprint density at radius 1 is 1.38 bits per heavy atom. The summed E-state index contributed by atoms with van der Waals surface area (Å²) in [7, 11) is 1.79. The summed E-state index contributed by atoms with van der Waals surface area (Å²) in [6.07, 6.45) is 2.05. The second-order valence-electron chi connectivity index (χ2n) is 6.92. The van der Waals surface area contributed by atoms with E-state index in [-0.39, 0.29) is 29.5 Å². The third-order valence-electron chi connectivity index (χ3n) is 4.79. The first-order chi connectivity index (χ1) is 12.5. The molecular formula is C17H22N6O3. The number of carbonyl (C=O) groups excluding carboxylic acids is 2. The molecular weight excluding hydrogens is 336 g/mol. The first-order valence-corrected chi connectivity index (χ1v) is 8.83. The van der Waals surface area contributed by atoms with Gasteiger partial charge in [-0.15, -0.1) is 0 Å². The number of amides is 2. The largest absolute Gasteiger partial charge is 0.381 e. The molecule has 9 nitrogen and oxygen atoms in total. The number of hydrogen-bond acceptors (Lipinski definition) is 5.